The largest absolute Gasteiger partial charge is 0.479 e. The van der Waals surface area contributed by atoms with E-state index in [9.17, 15) is 0 Å². The number of imidazole rings is 1. The highest BCUT2D eigenvalue weighted by Crippen LogP contribution is 2.50. The minimum absolute atomic E-state index is 0.390. The number of rotatable bonds is 6. The highest BCUT2D eigenvalue weighted by atomic mass is 35.5. The number of hydrogen-bond donors (Lipinski definition) is 0. The molecule has 0 unspecified atom stereocenters. The summed E-state index contributed by atoms with van der Waals surface area (Å²) in [4.78, 5) is 13.2. The van der Waals surface area contributed by atoms with Crippen LogP contribution in [0.15, 0.2) is 6.33 Å². The zero-order valence-electron chi connectivity index (χ0n) is 12.1. The van der Waals surface area contributed by atoms with Gasteiger partial charge >= 0.3 is 0 Å². The topological polar surface area (TPSA) is 52.8 Å². The lowest BCUT2D eigenvalue weighted by molar-refractivity contribution is 0.349. The van der Waals surface area contributed by atoms with Crippen LogP contribution in [0.3, 0.4) is 0 Å². The fourth-order valence-corrected chi connectivity index (χ4v) is 3.55. The summed E-state index contributed by atoms with van der Waals surface area (Å²) in [5.41, 5.74) is 1.57. The average molecular weight is 307 g/mol. The summed E-state index contributed by atoms with van der Waals surface area (Å²) >= 11 is 6.10. The predicted molar refractivity (Wildman–Crippen MR) is 80.4 cm³/mol. The normalized spacial score (nSPS) is 18.6. The number of aromatic nitrogens is 4. The van der Waals surface area contributed by atoms with Gasteiger partial charge in [0.1, 0.15) is 12.2 Å². The molecule has 0 aromatic carbocycles. The van der Waals surface area contributed by atoms with Crippen molar-refractivity contribution in [2.24, 2.45) is 17.8 Å². The zero-order chi connectivity index (χ0) is 14.4. The molecule has 21 heavy (non-hydrogen) atoms. The van der Waals surface area contributed by atoms with E-state index < -0.39 is 0 Å². The Morgan fingerprint density at radius 3 is 2.57 bits per heavy atom. The van der Waals surface area contributed by atoms with Crippen LogP contribution in [0.5, 0.6) is 5.88 Å². The summed E-state index contributed by atoms with van der Waals surface area (Å²) in [6.45, 7) is 0.980. The van der Waals surface area contributed by atoms with Gasteiger partial charge in [0.05, 0.1) is 13.0 Å². The third kappa shape index (κ3) is 2.37. The molecular weight excluding hydrogens is 288 g/mol. The van der Waals surface area contributed by atoms with Crippen LogP contribution in [0.25, 0.3) is 11.2 Å². The monoisotopic (exact) mass is 306 g/mol. The molecule has 2 aromatic rings. The van der Waals surface area contributed by atoms with E-state index in [1.807, 2.05) is 0 Å². The first-order chi connectivity index (χ1) is 10.3. The Bertz CT molecular complexity index is 651. The van der Waals surface area contributed by atoms with Crippen LogP contribution in [-0.4, -0.2) is 26.6 Å². The average Bonchev–Trinajstić information content (AvgIpc) is 3.41. The van der Waals surface area contributed by atoms with Crippen molar-refractivity contribution in [3.63, 3.8) is 0 Å². The smallest absolute Gasteiger partial charge is 0.245 e. The first kappa shape index (κ1) is 13.3. The predicted octanol–water partition coefficient (Wildman–Crippen LogP) is 3.01. The maximum Gasteiger partial charge on any atom is 0.245 e. The van der Waals surface area contributed by atoms with E-state index in [0.29, 0.717) is 11.8 Å². The molecule has 2 fully saturated rings. The van der Waals surface area contributed by atoms with Crippen LogP contribution >= 0.6 is 11.6 Å². The van der Waals surface area contributed by atoms with Crippen LogP contribution in [0.4, 0.5) is 0 Å². The van der Waals surface area contributed by atoms with E-state index in [4.69, 9.17) is 16.3 Å². The maximum atomic E-state index is 6.10. The lowest BCUT2D eigenvalue weighted by Gasteiger charge is -2.17. The molecule has 0 amide bonds. The second kappa shape index (κ2) is 5.13. The Labute approximate surface area is 128 Å². The van der Waals surface area contributed by atoms with E-state index in [2.05, 4.69) is 19.5 Å². The molecule has 2 aliphatic rings. The molecule has 0 N–H and O–H groups in total. The number of fused-ring (bicyclic) bond motifs is 1. The standard InChI is InChI=1S/C15H19ClN4O/c1-21-15-13-14(17-8-18-15)20(12(6-16)19-13)7-11(9-2-3-9)10-4-5-10/h8-11H,2-7H2,1H3. The van der Waals surface area contributed by atoms with Gasteiger partial charge in [0.2, 0.25) is 5.88 Å². The molecular formula is C15H19ClN4O. The van der Waals surface area contributed by atoms with Gasteiger partial charge in [-0.25, -0.2) is 9.97 Å². The Hall–Kier alpha value is -1.36. The molecule has 112 valence electrons. The third-order valence-corrected chi connectivity index (χ3v) is 4.98. The molecule has 0 spiro atoms. The molecule has 2 aliphatic carbocycles. The molecule has 4 rings (SSSR count). The van der Waals surface area contributed by atoms with Crippen LogP contribution in [0.2, 0.25) is 0 Å². The second-order valence-electron chi connectivity index (χ2n) is 6.17. The number of halogens is 1. The van der Waals surface area contributed by atoms with Gasteiger partial charge in [-0.2, -0.15) is 4.98 Å². The summed E-state index contributed by atoms with van der Waals surface area (Å²) < 4.78 is 7.48. The summed E-state index contributed by atoms with van der Waals surface area (Å²) in [6.07, 6.45) is 7.05. The molecule has 0 aliphatic heterocycles. The quantitative estimate of drug-likeness (QED) is 0.770. The number of ether oxygens (including phenoxy) is 1. The lowest BCUT2D eigenvalue weighted by Crippen LogP contribution is -2.17. The van der Waals surface area contributed by atoms with Crippen molar-refractivity contribution < 1.29 is 4.74 Å². The van der Waals surface area contributed by atoms with E-state index in [-0.39, 0.29) is 0 Å². The van der Waals surface area contributed by atoms with Gasteiger partial charge in [-0.3, -0.25) is 0 Å². The maximum absolute atomic E-state index is 6.10. The van der Waals surface area contributed by atoms with Gasteiger partial charge in [0, 0.05) is 6.54 Å². The van der Waals surface area contributed by atoms with Gasteiger partial charge in [-0.1, -0.05) is 0 Å². The van der Waals surface area contributed by atoms with E-state index in [1.165, 1.54) is 25.7 Å². The van der Waals surface area contributed by atoms with E-state index >= 15 is 0 Å². The first-order valence-electron chi connectivity index (χ1n) is 7.62. The number of nitrogens with zero attached hydrogens (tertiary/aromatic N) is 4. The molecule has 2 saturated carbocycles. The van der Waals surface area contributed by atoms with E-state index in [0.717, 1.165) is 41.3 Å². The van der Waals surface area contributed by atoms with Gasteiger partial charge in [-0.05, 0) is 43.4 Å². The van der Waals surface area contributed by atoms with E-state index in [1.54, 1.807) is 13.4 Å². The first-order valence-corrected chi connectivity index (χ1v) is 8.15. The second-order valence-corrected chi connectivity index (χ2v) is 6.43. The van der Waals surface area contributed by atoms with Crippen LogP contribution in [0, 0.1) is 17.8 Å². The fraction of sp³-hybridized carbons (Fsp3) is 0.667. The van der Waals surface area contributed by atoms with Crippen molar-refractivity contribution in [3.05, 3.63) is 12.2 Å². The van der Waals surface area contributed by atoms with Crippen molar-refractivity contribution in [3.8, 4) is 5.88 Å². The lowest BCUT2D eigenvalue weighted by atomic mass is 9.98. The summed E-state index contributed by atoms with van der Waals surface area (Å²) in [6, 6.07) is 0. The number of hydrogen-bond acceptors (Lipinski definition) is 4. The zero-order valence-corrected chi connectivity index (χ0v) is 12.9. The Morgan fingerprint density at radius 1 is 1.29 bits per heavy atom. The number of alkyl halides is 1. The molecule has 0 bridgehead atoms. The van der Waals surface area contributed by atoms with Gasteiger partial charge < -0.3 is 9.30 Å². The Kier molecular flexibility index (Phi) is 3.25. The molecule has 0 saturated heterocycles. The molecule has 0 radical (unpaired) electrons. The summed E-state index contributed by atoms with van der Waals surface area (Å²) in [5, 5.41) is 0. The van der Waals surface area contributed by atoms with Crippen molar-refractivity contribution in [1.82, 2.24) is 19.5 Å². The minimum atomic E-state index is 0.390. The molecule has 2 aromatic heterocycles. The van der Waals surface area contributed by atoms with Crippen molar-refractivity contribution in [1.29, 1.82) is 0 Å². The SMILES string of the molecule is COc1ncnc2c1nc(CCl)n2CC(C1CC1)C1CC1. The Balaban J connectivity index is 1.75. The van der Waals surface area contributed by atoms with Crippen LogP contribution in [-0.2, 0) is 12.4 Å². The van der Waals surface area contributed by atoms with Gasteiger partial charge in [0.15, 0.2) is 11.2 Å². The van der Waals surface area contributed by atoms with Crippen molar-refractivity contribution >= 4 is 22.8 Å². The van der Waals surface area contributed by atoms with Crippen molar-refractivity contribution in [2.45, 2.75) is 38.1 Å². The molecule has 0 atom stereocenters. The highest BCUT2D eigenvalue weighted by molar-refractivity contribution is 6.16. The van der Waals surface area contributed by atoms with Crippen molar-refractivity contribution in [2.75, 3.05) is 7.11 Å². The third-order valence-electron chi connectivity index (χ3n) is 4.74. The minimum Gasteiger partial charge on any atom is -0.479 e. The Morgan fingerprint density at radius 2 is 2.00 bits per heavy atom. The molecule has 5 nitrogen and oxygen atoms in total. The van der Waals surface area contributed by atoms with Crippen LogP contribution in [0.1, 0.15) is 31.5 Å². The fourth-order valence-electron chi connectivity index (χ4n) is 3.35. The van der Waals surface area contributed by atoms with Crippen LogP contribution < -0.4 is 4.74 Å². The summed E-state index contributed by atoms with van der Waals surface area (Å²) in [7, 11) is 1.61. The van der Waals surface area contributed by atoms with Gasteiger partial charge in [-0.15, -0.1) is 11.6 Å². The summed E-state index contributed by atoms with van der Waals surface area (Å²) in [5.74, 6) is 4.33. The van der Waals surface area contributed by atoms with Gasteiger partial charge in [0.25, 0.3) is 0 Å². The highest BCUT2D eigenvalue weighted by Gasteiger charge is 2.41. The molecule has 2 heterocycles. The molecule has 6 heteroatoms. The number of methoxy groups -OCH3 is 1.